The molecule has 2 unspecified atom stereocenters. The summed E-state index contributed by atoms with van der Waals surface area (Å²) in [5.41, 5.74) is 2.04. The molecule has 0 aliphatic heterocycles. The second-order valence-corrected chi connectivity index (χ2v) is 8.42. The quantitative estimate of drug-likeness (QED) is 0.492. The number of benzene rings is 2. The molecule has 0 saturated heterocycles. The summed E-state index contributed by atoms with van der Waals surface area (Å²) in [4.78, 5) is 12.6. The first kappa shape index (κ1) is 19.6. The summed E-state index contributed by atoms with van der Waals surface area (Å²) in [5, 5.41) is 9.26. The molecule has 1 saturated carbocycles. The van der Waals surface area contributed by atoms with E-state index in [1.807, 2.05) is 30.3 Å². The normalized spacial score (nSPS) is 18.1. The fraction of sp³-hybridized carbons (Fsp3) is 0.200. The molecule has 1 aliphatic rings. The first-order valence-corrected chi connectivity index (χ1v) is 10.1. The van der Waals surface area contributed by atoms with E-state index in [9.17, 15) is 4.79 Å². The SMILES string of the molecule is O=C(Nc1nn(Cc2ccc(Cl)c(Cl)c2)cc1Cl)C1CC1c1ccc(Cl)cc1. The zero-order valence-electron chi connectivity index (χ0n) is 14.5. The fourth-order valence-electron chi connectivity index (χ4n) is 3.16. The van der Waals surface area contributed by atoms with Gasteiger partial charge in [-0.1, -0.05) is 64.6 Å². The molecule has 0 radical (unpaired) electrons. The number of anilines is 1. The standard InChI is InChI=1S/C20H15Cl4N3O/c21-13-4-2-12(3-5-13)14-8-15(14)20(28)25-19-18(24)10-27(26-19)9-11-1-6-16(22)17(23)7-11/h1-7,10,14-15H,8-9H2,(H,25,26,28). The fourth-order valence-corrected chi connectivity index (χ4v) is 3.80. The van der Waals surface area contributed by atoms with E-state index in [4.69, 9.17) is 46.4 Å². The predicted octanol–water partition coefficient (Wildman–Crippen LogP) is 6.29. The smallest absolute Gasteiger partial charge is 0.229 e. The molecular formula is C20H15Cl4N3O. The second-order valence-electron chi connectivity index (χ2n) is 6.76. The lowest BCUT2D eigenvalue weighted by Gasteiger charge is -2.04. The molecule has 0 spiro atoms. The minimum Gasteiger partial charge on any atom is -0.308 e. The molecule has 1 heterocycles. The van der Waals surface area contributed by atoms with Gasteiger partial charge >= 0.3 is 0 Å². The Bertz CT molecular complexity index is 1030. The van der Waals surface area contributed by atoms with Crippen LogP contribution in [-0.2, 0) is 11.3 Å². The Morgan fingerprint density at radius 1 is 1.04 bits per heavy atom. The van der Waals surface area contributed by atoms with Crippen LogP contribution < -0.4 is 5.32 Å². The Morgan fingerprint density at radius 2 is 1.79 bits per heavy atom. The van der Waals surface area contributed by atoms with Gasteiger partial charge in [-0.05, 0) is 47.7 Å². The van der Waals surface area contributed by atoms with Crippen LogP contribution in [0.4, 0.5) is 5.82 Å². The number of hydrogen-bond donors (Lipinski definition) is 1. The minimum atomic E-state index is -0.0857. The van der Waals surface area contributed by atoms with Crippen molar-refractivity contribution in [3.63, 3.8) is 0 Å². The van der Waals surface area contributed by atoms with E-state index in [1.54, 1.807) is 23.0 Å². The highest BCUT2D eigenvalue weighted by atomic mass is 35.5. The number of halogens is 4. The van der Waals surface area contributed by atoms with Crippen LogP contribution in [-0.4, -0.2) is 15.7 Å². The molecule has 2 atom stereocenters. The van der Waals surface area contributed by atoms with Gasteiger partial charge in [-0.25, -0.2) is 0 Å². The van der Waals surface area contributed by atoms with Crippen LogP contribution in [0.5, 0.6) is 0 Å². The molecule has 144 valence electrons. The topological polar surface area (TPSA) is 46.9 Å². The number of hydrogen-bond acceptors (Lipinski definition) is 2. The molecule has 1 fully saturated rings. The highest BCUT2D eigenvalue weighted by Crippen LogP contribution is 2.48. The van der Waals surface area contributed by atoms with Crippen molar-refractivity contribution in [3.8, 4) is 0 Å². The number of amides is 1. The number of rotatable bonds is 5. The number of aromatic nitrogens is 2. The molecule has 4 nitrogen and oxygen atoms in total. The molecule has 0 bridgehead atoms. The highest BCUT2D eigenvalue weighted by Gasteiger charge is 2.44. The third-order valence-electron chi connectivity index (χ3n) is 4.71. The zero-order chi connectivity index (χ0) is 19.8. The summed E-state index contributed by atoms with van der Waals surface area (Å²) in [6.45, 7) is 0.462. The maximum absolute atomic E-state index is 12.6. The van der Waals surface area contributed by atoms with Crippen LogP contribution in [0.1, 0.15) is 23.5 Å². The van der Waals surface area contributed by atoms with Gasteiger partial charge in [0, 0.05) is 17.1 Å². The average molecular weight is 455 g/mol. The van der Waals surface area contributed by atoms with E-state index in [0.29, 0.717) is 32.5 Å². The first-order chi connectivity index (χ1) is 13.4. The molecule has 2 aromatic carbocycles. The summed E-state index contributed by atoms with van der Waals surface area (Å²) in [6, 6.07) is 13.0. The summed E-state index contributed by atoms with van der Waals surface area (Å²) in [5.74, 6) is 0.391. The molecule has 4 rings (SSSR count). The lowest BCUT2D eigenvalue weighted by atomic mass is 10.1. The van der Waals surface area contributed by atoms with Crippen molar-refractivity contribution in [2.24, 2.45) is 5.92 Å². The van der Waals surface area contributed by atoms with Gasteiger partial charge in [0.25, 0.3) is 0 Å². The van der Waals surface area contributed by atoms with Gasteiger partial charge in [0.15, 0.2) is 5.82 Å². The monoisotopic (exact) mass is 453 g/mol. The summed E-state index contributed by atoms with van der Waals surface area (Å²) in [7, 11) is 0. The average Bonchev–Trinajstić information content (AvgIpc) is 3.38. The lowest BCUT2D eigenvalue weighted by molar-refractivity contribution is -0.117. The number of nitrogens with one attached hydrogen (secondary N) is 1. The van der Waals surface area contributed by atoms with Crippen LogP contribution in [0.15, 0.2) is 48.7 Å². The lowest BCUT2D eigenvalue weighted by Crippen LogP contribution is -2.15. The predicted molar refractivity (Wildman–Crippen MR) is 114 cm³/mol. The Balaban J connectivity index is 1.40. The minimum absolute atomic E-state index is 0.0818. The molecule has 1 N–H and O–H groups in total. The van der Waals surface area contributed by atoms with Gasteiger partial charge in [-0.2, -0.15) is 5.10 Å². The van der Waals surface area contributed by atoms with Gasteiger partial charge in [0.05, 0.1) is 16.6 Å². The van der Waals surface area contributed by atoms with Crippen molar-refractivity contribution in [2.75, 3.05) is 5.32 Å². The van der Waals surface area contributed by atoms with E-state index in [-0.39, 0.29) is 17.7 Å². The maximum atomic E-state index is 12.6. The van der Waals surface area contributed by atoms with Gasteiger partial charge < -0.3 is 5.32 Å². The molecule has 28 heavy (non-hydrogen) atoms. The number of nitrogens with zero attached hydrogens (tertiary/aromatic N) is 2. The third-order valence-corrected chi connectivity index (χ3v) is 5.98. The van der Waals surface area contributed by atoms with E-state index in [0.717, 1.165) is 17.5 Å². The van der Waals surface area contributed by atoms with Crippen LogP contribution in [0.25, 0.3) is 0 Å². The number of carbonyl (C=O) groups excluding carboxylic acids is 1. The summed E-state index contributed by atoms with van der Waals surface area (Å²) in [6.07, 6.45) is 2.47. The van der Waals surface area contributed by atoms with E-state index < -0.39 is 0 Å². The van der Waals surface area contributed by atoms with Gasteiger partial charge in [0.2, 0.25) is 5.91 Å². The molecule has 1 aliphatic carbocycles. The molecular weight excluding hydrogens is 440 g/mol. The van der Waals surface area contributed by atoms with Crippen LogP contribution in [0.3, 0.4) is 0 Å². The van der Waals surface area contributed by atoms with Crippen molar-refractivity contribution in [3.05, 3.63) is 79.9 Å². The Labute approximate surface area is 182 Å². The Morgan fingerprint density at radius 3 is 2.50 bits per heavy atom. The van der Waals surface area contributed by atoms with Crippen molar-refractivity contribution in [1.82, 2.24) is 9.78 Å². The Hall–Kier alpha value is -1.72. The molecule has 3 aromatic rings. The third kappa shape index (κ3) is 4.31. The van der Waals surface area contributed by atoms with Crippen LogP contribution in [0.2, 0.25) is 20.1 Å². The van der Waals surface area contributed by atoms with Gasteiger partial charge in [-0.3, -0.25) is 9.48 Å². The Kier molecular flexibility index (Phi) is 5.57. The van der Waals surface area contributed by atoms with Crippen LogP contribution >= 0.6 is 46.4 Å². The van der Waals surface area contributed by atoms with Crippen molar-refractivity contribution >= 4 is 58.1 Å². The van der Waals surface area contributed by atoms with Crippen molar-refractivity contribution in [2.45, 2.75) is 18.9 Å². The first-order valence-electron chi connectivity index (χ1n) is 8.64. The van der Waals surface area contributed by atoms with E-state index in [2.05, 4.69) is 10.4 Å². The number of carbonyl (C=O) groups is 1. The largest absolute Gasteiger partial charge is 0.308 e. The van der Waals surface area contributed by atoms with Crippen molar-refractivity contribution < 1.29 is 4.79 Å². The van der Waals surface area contributed by atoms with Gasteiger partial charge in [-0.15, -0.1) is 0 Å². The molecule has 1 aromatic heterocycles. The second kappa shape index (κ2) is 7.96. The zero-order valence-corrected chi connectivity index (χ0v) is 17.5. The van der Waals surface area contributed by atoms with Crippen LogP contribution in [0, 0.1) is 5.92 Å². The molecule has 1 amide bonds. The van der Waals surface area contributed by atoms with E-state index >= 15 is 0 Å². The summed E-state index contributed by atoms with van der Waals surface area (Å²) < 4.78 is 1.65. The van der Waals surface area contributed by atoms with E-state index in [1.165, 1.54) is 0 Å². The van der Waals surface area contributed by atoms with Gasteiger partial charge in [0.1, 0.15) is 5.02 Å². The van der Waals surface area contributed by atoms with Crippen molar-refractivity contribution in [1.29, 1.82) is 0 Å². The molecule has 8 heteroatoms. The highest BCUT2D eigenvalue weighted by molar-refractivity contribution is 6.42. The summed E-state index contributed by atoms with van der Waals surface area (Å²) >= 11 is 24.2. The maximum Gasteiger partial charge on any atom is 0.229 e.